The average molecular weight is 340 g/mol. The van der Waals surface area contributed by atoms with Gasteiger partial charge in [-0.15, -0.1) is 0 Å². The minimum absolute atomic E-state index is 0.276. The Hall–Kier alpha value is -1.14. The van der Waals surface area contributed by atoms with Crippen LogP contribution >= 0.6 is 16.8 Å². The largest absolute Gasteiger partial charge is 0.618 e. The van der Waals surface area contributed by atoms with E-state index in [-0.39, 0.29) is 5.25 Å². The van der Waals surface area contributed by atoms with Gasteiger partial charge >= 0.3 is 0 Å². The molecule has 1 unspecified atom stereocenters. The Labute approximate surface area is 131 Å². The molecule has 21 heavy (non-hydrogen) atoms. The standard InChI is InChI=1S/C13H13N2O3PS2/c1-19(20)18-12(10-6-2-4-8-14(10)16)13(21-19)11-7-3-5-9-15(11)17/h2-9,12-13H,1H3/t12-,13+,19?/m1/s1. The summed E-state index contributed by atoms with van der Waals surface area (Å²) in [6.45, 7) is 1.87. The lowest BCUT2D eigenvalue weighted by Crippen LogP contribution is -2.37. The van der Waals surface area contributed by atoms with Gasteiger partial charge < -0.3 is 14.9 Å². The lowest BCUT2D eigenvalue weighted by atomic mass is 10.1. The van der Waals surface area contributed by atoms with Crippen molar-refractivity contribution in [1.82, 2.24) is 0 Å². The van der Waals surface area contributed by atoms with Crippen LogP contribution in [0.15, 0.2) is 48.8 Å². The lowest BCUT2D eigenvalue weighted by molar-refractivity contribution is -0.623. The fourth-order valence-corrected chi connectivity index (χ4v) is 7.51. The summed E-state index contributed by atoms with van der Waals surface area (Å²) in [4.78, 5) is 0. The Morgan fingerprint density at radius 1 is 1.10 bits per heavy atom. The highest BCUT2D eigenvalue weighted by molar-refractivity contribution is 8.69. The lowest BCUT2D eigenvalue weighted by Gasteiger charge is -2.15. The molecule has 0 radical (unpaired) electrons. The molecule has 1 saturated heterocycles. The Balaban J connectivity index is 2.08. The molecule has 0 spiro atoms. The second kappa shape index (κ2) is 5.57. The first kappa shape index (κ1) is 14.8. The molecular weight excluding hydrogens is 327 g/mol. The van der Waals surface area contributed by atoms with E-state index >= 15 is 0 Å². The molecule has 2 aromatic heterocycles. The number of hydrogen-bond acceptors (Lipinski definition) is 5. The quantitative estimate of drug-likeness (QED) is 0.477. The molecular formula is C13H13N2O3PS2. The second-order valence-corrected chi connectivity index (χ2v) is 12.7. The zero-order valence-corrected chi connectivity index (χ0v) is 13.7. The third kappa shape index (κ3) is 2.92. The van der Waals surface area contributed by atoms with Gasteiger partial charge in [-0.1, -0.05) is 23.2 Å². The number of hydrogen-bond donors (Lipinski definition) is 0. The maximum Gasteiger partial charge on any atom is 0.223 e. The van der Waals surface area contributed by atoms with Crippen LogP contribution in [-0.4, -0.2) is 6.66 Å². The van der Waals surface area contributed by atoms with Crippen molar-refractivity contribution in [3.8, 4) is 0 Å². The number of aromatic nitrogens is 2. The number of pyridine rings is 2. The normalized spacial score (nSPS) is 28.6. The van der Waals surface area contributed by atoms with E-state index in [0.717, 1.165) is 9.46 Å². The van der Waals surface area contributed by atoms with Crippen LogP contribution < -0.4 is 9.46 Å². The third-order valence-electron chi connectivity index (χ3n) is 3.18. The van der Waals surface area contributed by atoms with Crippen LogP contribution in [0.1, 0.15) is 22.7 Å². The predicted octanol–water partition coefficient (Wildman–Crippen LogP) is 2.44. The fraction of sp³-hybridized carbons (Fsp3) is 0.231. The van der Waals surface area contributed by atoms with Crippen LogP contribution in [0.3, 0.4) is 0 Å². The molecule has 0 amide bonds. The second-order valence-electron chi connectivity index (χ2n) is 4.73. The molecule has 1 fully saturated rings. The molecule has 110 valence electrons. The van der Waals surface area contributed by atoms with Crippen LogP contribution in [0.5, 0.6) is 0 Å². The van der Waals surface area contributed by atoms with Gasteiger partial charge in [0.15, 0.2) is 18.5 Å². The molecule has 3 heterocycles. The first-order valence-corrected chi connectivity index (χ1v) is 10.9. The van der Waals surface area contributed by atoms with Gasteiger partial charge in [0.25, 0.3) is 0 Å². The average Bonchev–Trinajstić information content (AvgIpc) is 2.75. The zero-order valence-electron chi connectivity index (χ0n) is 11.2. The van der Waals surface area contributed by atoms with Crippen molar-refractivity contribution in [2.75, 3.05) is 6.66 Å². The van der Waals surface area contributed by atoms with Crippen molar-refractivity contribution in [2.24, 2.45) is 0 Å². The van der Waals surface area contributed by atoms with E-state index in [1.165, 1.54) is 23.8 Å². The Morgan fingerprint density at radius 2 is 1.67 bits per heavy atom. The summed E-state index contributed by atoms with van der Waals surface area (Å²) < 4.78 is 7.54. The molecule has 2 aromatic rings. The van der Waals surface area contributed by atoms with E-state index in [9.17, 15) is 10.4 Å². The summed E-state index contributed by atoms with van der Waals surface area (Å²) >= 11 is 6.96. The van der Waals surface area contributed by atoms with Crippen LogP contribution in [0, 0.1) is 10.4 Å². The zero-order chi connectivity index (χ0) is 15.0. The fourth-order valence-electron chi connectivity index (χ4n) is 2.29. The van der Waals surface area contributed by atoms with E-state index < -0.39 is 11.6 Å². The number of rotatable bonds is 2. The summed E-state index contributed by atoms with van der Waals surface area (Å²) in [6, 6.07) is 10.4. The van der Waals surface area contributed by atoms with Crippen molar-refractivity contribution < 1.29 is 14.0 Å². The summed E-state index contributed by atoms with van der Waals surface area (Å²) in [5, 5.41) is 23.7. The van der Waals surface area contributed by atoms with Gasteiger partial charge in [0, 0.05) is 24.3 Å². The van der Waals surface area contributed by atoms with Gasteiger partial charge in [-0.2, -0.15) is 9.46 Å². The summed E-state index contributed by atoms with van der Waals surface area (Å²) in [5.41, 5.74) is -1.04. The van der Waals surface area contributed by atoms with E-state index in [1.807, 2.05) is 6.66 Å². The van der Waals surface area contributed by atoms with Crippen LogP contribution in [-0.2, 0) is 16.3 Å². The van der Waals surface area contributed by atoms with E-state index in [0.29, 0.717) is 11.4 Å². The first-order valence-electron chi connectivity index (χ1n) is 6.28. The smallest absolute Gasteiger partial charge is 0.223 e. The minimum atomic E-state index is -2.08. The first-order chi connectivity index (χ1) is 9.98. The summed E-state index contributed by atoms with van der Waals surface area (Å²) in [5.74, 6) is 0. The van der Waals surface area contributed by atoms with Gasteiger partial charge in [-0.25, -0.2) is 0 Å². The summed E-state index contributed by atoms with van der Waals surface area (Å²) in [7, 11) is 0. The minimum Gasteiger partial charge on any atom is -0.618 e. The van der Waals surface area contributed by atoms with Gasteiger partial charge in [-0.3, -0.25) is 0 Å². The molecule has 1 aliphatic heterocycles. The maximum absolute atomic E-state index is 12.0. The SMILES string of the molecule is CP1(=S)O[C@H](c2cccc[n+]2[O-])[C@H](c2cccc[n+]2[O-])S1. The molecule has 0 aliphatic carbocycles. The monoisotopic (exact) mass is 340 g/mol. The molecule has 0 saturated carbocycles. The van der Waals surface area contributed by atoms with Crippen LogP contribution in [0.4, 0.5) is 0 Å². The van der Waals surface area contributed by atoms with Crippen molar-refractivity contribution in [3.05, 3.63) is 70.6 Å². The van der Waals surface area contributed by atoms with E-state index in [2.05, 4.69) is 0 Å². The molecule has 3 rings (SSSR count). The molecule has 5 nitrogen and oxygen atoms in total. The molecule has 0 bridgehead atoms. The van der Waals surface area contributed by atoms with Gasteiger partial charge in [0.2, 0.25) is 11.4 Å². The van der Waals surface area contributed by atoms with Crippen molar-refractivity contribution >= 4 is 28.7 Å². The van der Waals surface area contributed by atoms with E-state index in [1.54, 1.807) is 36.4 Å². The highest BCUT2D eigenvalue weighted by atomic mass is 32.9. The van der Waals surface area contributed by atoms with E-state index in [4.69, 9.17) is 16.3 Å². The summed E-state index contributed by atoms with van der Waals surface area (Å²) in [6.07, 6.45) is 2.36. The topological polar surface area (TPSA) is 63.1 Å². The van der Waals surface area contributed by atoms with Crippen LogP contribution in [0.25, 0.3) is 0 Å². The third-order valence-corrected chi connectivity index (χ3v) is 8.01. The Kier molecular flexibility index (Phi) is 3.92. The van der Waals surface area contributed by atoms with Gasteiger partial charge in [0.1, 0.15) is 10.7 Å². The highest BCUT2D eigenvalue weighted by Crippen LogP contribution is 2.73. The Bertz CT molecular complexity index is 671. The Morgan fingerprint density at radius 3 is 2.24 bits per heavy atom. The molecule has 0 N–H and O–H groups in total. The predicted molar refractivity (Wildman–Crippen MR) is 85.2 cm³/mol. The molecule has 3 atom stereocenters. The molecule has 1 aliphatic rings. The van der Waals surface area contributed by atoms with Crippen molar-refractivity contribution in [2.45, 2.75) is 11.4 Å². The highest BCUT2D eigenvalue weighted by Gasteiger charge is 2.46. The van der Waals surface area contributed by atoms with Crippen molar-refractivity contribution in [3.63, 3.8) is 0 Å². The van der Waals surface area contributed by atoms with Gasteiger partial charge in [-0.05, 0) is 18.8 Å². The van der Waals surface area contributed by atoms with Crippen LogP contribution in [0.2, 0.25) is 0 Å². The van der Waals surface area contributed by atoms with Gasteiger partial charge in [0.05, 0.1) is 0 Å². The number of nitrogens with zero attached hydrogens (tertiary/aromatic N) is 2. The van der Waals surface area contributed by atoms with Crippen molar-refractivity contribution in [1.29, 1.82) is 0 Å². The molecule has 0 aromatic carbocycles. The molecule has 8 heteroatoms. The maximum atomic E-state index is 12.0.